The Morgan fingerprint density at radius 3 is 2.25 bits per heavy atom. The second kappa shape index (κ2) is 10.4. The summed E-state index contributed by atoms with van der Waals surface area (Å²) in [6, 6.07) is 13.6. The number of urea groups is 1. The van der Waals surface area contributed by atoms with E-state index in [-0.39, 0.29) is 44.9 Å². The molecule has 0 saturated carbocycles. The molecule has 1 heterocycles. The van der Waals surface area contributed by atoms with Crippen LogP contribution >= 0.6 is 34.8 Å². The van der Waals surface area contributed by atoms with Gasteiger partial charge < -0.3 is 4.74 Å². The predicted molar refractivity (Wildman–Crippen MR) is 134 cm³/mol. The molecular weight excluding hydrogens is 533 g/mol. The van der Waals surface area contributed by atoms with Crippen molar-refractivity contribution in [3.8, 4) is 5.75 Å². The van der Waals surface area contributed by atoms with E-state index in [4.69, 9.17) is 39.5 Å². The average Bonchev–Trinajstić information content (AvgIpc) is 2.82. The Balaban J connectivity index is 1.67. The fourth-order valence-corrected chi connectivity index (χ4v) is 4.04. The number of hydrogen-bond donors (Lipinski definition) is 1. The minimum atomic E-state index is -0.914. The highest BCUT2D eigenvalue weighted by Crippen LogP contribution is 2.35. The van der Waals surface area contributed by atoms with Gasteiger partial charge in [0, 0.05) is 27.7 Å². The zero-order valence-corrected chi connectivity index (χ0v) is 20.3. The molecule has 3 aromatic carbocycles. The highest BCUT2D eigenvalue weighted by Gasteiger charge is 2.37. The number of barbiturate groups is 1. The van der Waals surface area contributed by atoms with Crippen LogP contribution in [0.1, 0.15) is 11.1 Å². The van der Waals surface area contributed by atoms with Crippen LogP contribution in [0.5, 0.6) is 5.75 Å². The molecule has 0 unspecified atom stereocenters. The third-order valence-electron chi connectivity index (χ3n) is 5.05. The lowest BCUT2D eigenvalue weighted by atomic mass is 10.1. The Kier molecular flexibility index (Phi) is 7.25. The summed E-state index contributed by atoms with van der Waals surface area (Å²) in [5, 5.41) is 13.7. The van der Waals surface area contributed by atoms with Gasteiger partial charge in [0.05, 0.1) is 15.6 Å². The van der Waals surface area contributed by atoms with Gasteiger partial charge in [-0.3, -0.25) is 25.0 Å². The Labute approximate surface area is 219 Å². The summed E-state index contributed by atoms with van der Waals surface area (Å²) in [6.45, 7) is -0.0228. The molecule has 4 rings (SSSR count). The maximum atomic E-state index is 13.2. The SMILES string of the molecule is O=C1NC(=O)N(c2ccc(Cl)cc2)C(=O)/C1=C/c1cc(Cl)cc(Cl)c1OCc1ccc([N+](=O)[O-])cc1. The number of ether oxygens (including phenoxy) is 1. The van der Waals surface area contributed by atoms with Crippen molar-refractivity contribution in [2.45, 2.75) is 6.61 Å². The number of anilines is 1. The van der Waals surface area contributed by atoms with Gasteiger partial charge in [-0.1, -0.05) is 34.8 Å². The predicted octanol–water partition coefficient (Wildman–Crippen LogP) is 5.80. The second-order valence-electron chi connectivity index (χ2n) is 7.45. The summed E-state index contributed by atoms with van der Waals surface area (Å²) in [5.41, 5.74) is 0.590. The quantitative estimate of drug-likeness (QED) is 0.181. The first-order valence-electron chi connectivity index (χ1n) is 10.2. The van der Waals surface area contributed by atoms with Crippen molar-refractivity contribution in [1.82, 2.24) is 5.32 Å². The van der Waals surface area contributed by atoms with Gasteiger partial charge >= 0.3 is 6.03 Å². The smallest absolute Gasteiger partial charge is 0.335 e. The van der Waals surface area contributed by atoms with Crippen LogP contribution in [0.2, 0.25) is 15.1 Å². The van der Waals surface area contributed by atoms with E-state index < -0.39 is 22.8 Å². The van der Waals surface area contributed by atoms with Crippen LogP contribution in [0, 0.1) is 10.1 Å². The highest BCUT2D eigenvalue weighted by molar-refractivity contribution is 6.40. The Morgan fingerprint density at radius 2 is 1.61 bits per heavy atom. The summed E-state index contributed by atoms with van der Waals surface area (Å²) < 4.78 is 5.82. The van der Waals surface area contributed by atoms with Crippen molar-refractivity contribution in [2.24, 2.45) is 0 Å². The van der Waals surface area contributed by atoms with E-state index in [0.29, 0.717) is 10.6 Å². The highest BCUT2D eigenvalue weighted by atomic mass is 35.5. The molecule has 4 amide bonds. The lowest BCUT2D eigenvalue weighted by molar-refractivity contribution is -0.384. The topological polar surface area (TPSA) is 119 Å². The second-order valence-corrected chi connectivity index (χ2v) is 8.73. The van der Waals surface area contributed by atoms with Crippen molar-refractivity contribution in [3.05, 3.63) is 103 Å². The van der Waals surface area contributed by atoms with Gasteiger partial charge in [-0.25, -0.2) is 9.69 Å². The molecular formula is C24H14Cl3N3O6. The average molecular weight is 547 g/mol. The first-order valence-corrected chi connectivity index (χ1v) is 11.3. The molecule has 0 atom stereocenters. The molecule has 1 aliphatic heterocycles. The largest absolute Gasteiger partial charge is 0.487 e. The van der Waals surface area contributed by atoms with Gasteiger partial charge in [-0.2, -0.15) is 0 Å². The number of nitro groups is 1. The maximum Gasteiger partial charge on any atom is 0.335 e. The number of imide groups is 2. The molecule has 36 heavy (non-hydrogen) atoms. The molecule has 1 saturated heterocycles. The molecule has 1 fully saturated rings. The van der Waals surface area contributed by atoms with Crippen molar-refractivity contribution in [3.63, 3.8) is 0 Å². The fraction of sp³-hybridized carbons (Fsp3) is 0.0417. The molecule has 1 N–H and O–H groups in total. The molecule has 3 aromatic rings. The van der Waals surface area contributed by atoms with Crippen LogP contribution in [0.15, 0.2) is 66.2 Å². The third-order valence-corrected chi connectivity index (χ3v) is 5.80. The van der Waals surface area contributed by atoms with Crippen molar-refractivity contribution >= 4 is 70.1 Å². The Morgan fingerprint density at radius 1 is 0.944 bits per heavy atom. The van der Waals surface area contributed by atoms with E-state index in [2.05, 4.69) is 5.32 Å². The minimum absolute atomic E-state index is 0.0228. The van der Waals surface area contributed by atoms with E-state index >= 15 is 0 Å². The molecule has 12 heteroatoms. The van der Waals surface area contributed by atoms with E-state index in [1.54, 1.807) is 0 Å². The summed E-state index contributed by atoms with van der Waals surface area (Å²) in [6.07, 6.45) is 1.22. The summed E-state index contributed by atoms with van der Waals surface area (Å²) in [7, 11) is 0. The van der Waals surface area contributed by atoms with E-state index in [1.807, 2.05) is 0 Å². The first kappa shape index (κ1) is 25.2. The number of hydrogen-bond acceptors (Lipinski definition) is 6. The normalized spacial score (nSPS) is 14.7. The number of amides is 4. The zero-order chi connectivity index (χ0) is 26.0. The van der Waals surface area contributed by atoms with Crippen LogP contribution in [0.4, 0.5) is 16.2 Å². The van der Waals surface area contributed by atoms with Gasteiger partial charge in [-0.15, -0.1) is 0 Å². The number of nitro benzene ring substituents is 1. The molecule has 182 valence electrons. The maximum absolute atomic E-state index is 13.2. The Bertz CT molecular complexity index is 1420. The molecule has 9 nitrogen and oxygen atoms in total. The molecule has 0 bridgehead atoms. The van der Waals surface area contributed by atoms with Gasteiger partial charge in [0.15, 0.2) is 0 Å². The lowest BCUT2D eigenvalue weighted by Crippen LogP contribution is -2.54. The van der Waals surface area contributed by atoms with Gasteiger partial charge in [0.25, 0.3) is 17.5 Å². The number of rotatable bonds is 6. The lowest BCUT2D eigenvalue weighted by Gasteiger charge is -2.26. The summed E-state index contributed by atoms with van der Waals surface area (Å²) in [5.74, 6) is -1.67. The van der Waals surface area contributed by atoms with Crippen LogP contribution in [-0.2, 0) is 16.2 Å². The summed E-state index contributed by atoms with van der Waals surface area (Å²) in [4.78, 5) is 49.3. The molecule has 0 radical (unpaired) electrons. The van der Waals surface area contributed by atoms with Crippen LogP contribution in [0.25, 0.3) is 6.08 Å². The van der Waals surface area contributed by atoms with E-state index in [1.165, 1.54) is 66.7 Å². The van der Waals surface area contributed by atoms with Crippen LogP contribution in [-0.4, -0.2) is 22.8 Å². The first-order chi connectivity index (χ1) is 17.1. The molecule has 0 spiro atoms. The molecule has 0 aliphatic carbocycles. The van der Waals surface area contributed by atoms with Crippen molar-refractivity contribution < 1.29 is 24.0 Å². The van der Waals surface area contributed by atoms with Crippen molar-refractivity contribution in [2.75, 3.05) is 4.90 Å². The van der Waals surface area contributed by atoms with Crippen molar-refractivity contribution in [1.29, 1.82) is 0 Å². The monoisotopic (exact) mass is 545 g/mol. The van der Waals surface area contributed by atoms with Gasteiger partial charge in [-0.05, 0) is 60.2 Å². The standard InChI is InChI=1S/C24H14Cl3N3O6/c25-15-3-7-17(8-4-15)29-23(32)19(22(31)28-24(29)33)10-14-9-16(26)11-20(27)21(14)36-12-13-1-5-18(6-2-13)30(34)35/h1-11H,12H2,(H,28,31,33)/b19-10+. The van der Waals surface area contributed by atoms with Crippen LogP contribution < -0.4 is 15.0 Å². The number of halogens is 3. The number of nitrogens with zero attached hydrogens (tertiary/aromatic N) is 2. The van der Waals surface area contributed by atoms with E-state index in [9.17, 15) is 24.5 Å². The van der Waals surface area contributed by atoms with E-state index in [0.717, 1.165) is 4.90 Å². The zero-order valence-electron chi connectivity index (χ0n) is 18.0. The van der Waals surface area contributed by atoms with Gasteiger partial charge in [0.2, 0.25) is 0 Å². The molecule has 1 aliphatic rings. The summed E-state index contributed by atoms with van der Waals surface area (Å²) >= 11 is 18.4. The number of nitrogens with one attached hydrogen (secondary N) is 1. The molecule has 0 aromatic heterocycles. The number of carbonyl (C=O) groups is 3. The number of non-ortho nitro benzene ring substituents is 1. The third kappa shape index (κ3) is 5.33. The Hall–Kier alpha value is -3.92. The minimum Gasteiger partial charge on any atom is -0.487 e. The number of carbonyl (C=O) groups excluding carboxylic acids is 3. The van der Waals surface area contributed by atoms with Crippen LogP contribution in [0.3, 0.4) is 0 Å². The fourth-order valence-electron chi connectivity index (χ4n) is 3.35. The van der Waals surface area contributed by atoms with Gasteiger partial charge in [0.1, 0.15) is 17.9 Å². The number of benzene rings is 3.